The third-order valence-corrected chi connectivity index (χ3v) is 6.40. The van der Waals surface area contributed by atoms with Gasteiger partial charge >= 0.3 is 0 Å². The lowest BCUT2D eigenvalue weighted by Crippen LogP contribution is -1.98. The smallest absolute Gasteiger partial charge is 0.0546 e. The monoisotopic (exact) mass is 401 g/mol. The quantitative estimate of drug-likeness (QED) is 0.282. The average Bonchev–Trinajstić information content (AvgIpc) is 3.47. The standard InChI is InChI=1S/C28H19NS/c1-2-8-20(9-3-1)27-17-22-11-5-7-13-26(22)29(27)28-18-24(23-14-15-30-19-23)16-21-10-4-6-12-25(21)28/h1-19H. The van der Waals surface area contributed by atoms with E-state index in [9.17, 15) is 0 Å². The molecule has 1 nitrogen and oxygen atoms in total. The summed E-state index contributed by atoms with van der Waals surface area (Å²) in [7, 11) is 0. The Morgan fingerprint density at radius 3 is 2.17 bits per heavy atom. The first-order valence-electron chi connectivity index (χ1n) is 10.1. The van der Waals surface area contributed by atoms with Gasteiger partial charge in [0.25, 0.3) is 0 Å². The molecule has 142 valence electrons. The highest BCUT2D eigenvalue weighted by Gasteiger charge is 2.15. The first kappa shape index (κ1) is 17.3. The zero-order chi connectivity index (χ0) is 19.9. The fourth-order valence-corrected chi connectivity index (χ4v) is 4.97. The van der Waals surface area contributed by atoms with Gasteiger partial charge in [0, 0.05) is 10.8 Å². The van der Waals surface area contributed by atoms with Crippen LogP contribution in [0.5, 0.6) is 0 Å². The largest absolute Gasteiger partial charge is 0.309 e. The maximum Gasteiger partial charge on any atom is 0.0546 e. The van der Waals surface area contributed by atoms with Crippen LogP contribution in [0.25, 0.3) is 49.7 Å². The minimum atomic E-state index is 1.21. The van der Waals surface area contributed by atoms with Crippen LogP contribution in [0.2, 0.25) is 0 Å². The molecule has 0 saturated heterocycles. The SMILES string of the molecule is c1ccc(-c2cc3ccccc3n2-c2cc(-c3ccsc3)cc3ccccc23)cc1. The summed E-state index contributed by atoms with van der Waals surface area (Å²) in [6.45, 7) is 0. The van der Waals surface area contributed by atoms with Crippen LogP contribution in [0.3, 0.4) is 0 Å². The first-order valence-corrected chi connectivity index (χ1v) is 11.0. The van der Waals surface area contributed by atoms with Crippen LogP contribution in [0.1, 0.15) is 0 Å². The van der Waals surface area contributed by atoms with E-state index in [0.717, 1.165) is 0 Å². The van der Waals surface area contributed by atoms with Crippen molar-refractivity contribution in [1.82, 2.24) is 4.57 Å². The molecule has 6 rings (SSSR count). The van der Waals surface area contributed by atoms with E-state index in [0.29, 0.717) is 0 Å². The van der Waals surface area contributed by atoms with Crippen LogP contribution >= 0.6 is 11.3 Å². The molecule has 0 saturated carbocycles. The van der Waals surface area contributed by atoms with Crippen molar-refractivity contribution >= 4 is 33.0 Å². The van der Waals surface area contributed by atoms with Crippen molar-refractivity contribution in [3.8, 4) is 28.1 Å². The van der Waals surface area contributed by atoms with Crippen LogP contribution in [0, 0.1) is 0 Å². The summed E-state index contributed by atoms with van der Waals surface area (Å²) in [4.78, 5) is 0. The second kappa shape index (κ2) is 7.01. The molecule has 0 aliphatic carbocycles. The second-order valence-corrected chi connectivity index (χ2v) is 8.30. The highest BCUT2D eigenvalue weighted by atomic mass is 32.1. The van der Waals surface area contributed by atoms with Crippen LogP contribution in [-0.2, 0) is 0 Å². The Balaban J connectivity index is 1.74. The Labute approximate surface area is 179 Å². The van der Waals surface area contributed by atoms with Crippen molar-refractivity contribution in [2.75, 3.05) is 0 Å². The molecule has 4 aromatic carbocycles. The molecule has 0 radical (unpaired) electrons. The van der Waals surface area contributed by atoms with E-state index in [1.807, 2.05) is 0 Å². The van der Waals surface area contributed by atoms with Crippen molar-refractivity contribution < 1.29 is 0 Å². The topological polar surface area (TPSA) is 4.93 Å². The van der Waals surface area contributed by atoms with Gasteiger partial charge in [-0.25, -0.2) is 0 Å². The number of thiophene rings is 1. The Hall–Kier alpha value is -3.62. The zero-order valence-electron chi connectivity index (χ0n) is 16.3. The molecule has 6 aromatic rings. The van der Waals surface area contributed by atoms with E-state index in [4.69, 9.17) is 0 Å². The summed E-state index contributed by atoms with van der Waals surface area (Å²) >= 11 is 1.74. The molecule has 0 bridgehead atoms. The molecular weight excluding hydrogens is 382 g/mol. The Morgan fingerprint density at radius 2 is 1.33 bits per heavy atom. The zero-order valence-corrected chi connectivity index (χ0v) is 17.1. The average molecular weight is 402 g/mol. The second-order valence-electron chi connectivity index (χ2n) is 7.52. The predicted octanol–water partition coefficient (Wildman–Crippen LogP) is 8.18. The lowest BCUT2D eigenvalue weighted by molar-refractivity contribution is 1.15. The Kier molecular flexibility index (Phi) is 4.03. The van der Waals surface area contributed by atoms with E-state index in [1.165, 1.54) is 49.7 Å². The summed E-state index contributed by atoms with van der Waals surface area (Å²) in [6.07, 6.45) is 0. The lowest BCUT2D eigenvalue weighted by atomic mass is 10.0. The van der Waals surface area contributed by atoms with Gasteiger partial charge in [-0.15, -0.1) is 0 Å². The van der Waals surface area contributed by atoms with Crippen molar-refractivity contribution in [3.05, 3.63) is 114 Å². The summed E-state index contributed by atoms with van der Waals surface area (Å²) in [5.74, 6) is 0. The van der Waals surface area contributed by atoms with Crippen molar-refractivity contribution in [1.29, 1.82) is 0 Å². The van der Waals surface area contributed by atoms with E-state index in [-0.39, 0.29) is 0 Å². The fraction of sp³-hybridized carbons (Fsp3) is 0. The molecule has 30 heavy (non-hydrogen) atoms. The molecule has 2 aromatic heterocycles. The molecule has 0 N–H and O–H groups in total. The number of nitrogens with zero attached hydrogens (tertiary/aromatic N) is 1. The van der Waals surface area contributed by atoms with Gasteiger partial charge < -0.3 is 4.57 Å². The summed E-state index contributed by atoms with van der Waals surface area (Å²) < 4.78 is 2.42. The van der Waals surface area contributed by atoms with Gasteiger partial charge in [-0.1, -0.05) is 72.8 Å². The number of benzene rings is 4. The maximum atomic E-state index is 2.42. The third kappa shape index (κ3) is 2.77. The number of para-hydroxylation sites is 1. The normalized spacial score (nSPS) is 11.3. The van der Waals surface area contributed by atoms with Crippen LogP contribution in [0.15, 0.2) is 114 Å². The van der Waals surface area contributed by atoms with Crippen LogP contribution in [-0.4, -0.2) is 4.57 Å². The molecule has 0 aliphatic heterocycles. The van der Waals surface area contributed by atoms with Crippen molar-refractivity contribution in [2.45, 2.75) is 0 Å². The number of fused-ring (bicyclic) bond motifs is 2. The summed E-state index contributed by atoms with van der Waals surface area (Å²) in [6, 6.07) is 37.1. The molecule has 0 atom stereocenters. The lowest BCUT2D eigenvalue weighted by Gasteiger charge is -2.16. The van der Waals surface area contributed by atoms with Crippen molar-refractivity contribution in [3.63, 3.8) is 0 Å². The van der Waals surface area contributed by atoms with E-state index in [1.54, 1.807) is 11.3 Å². The Morgan fingerprint density at radius 1 is 0.567 bits per heavy atom. The van der Waals surface area contributed by atoms with Gasteiger partial charge in [0.1, 0.15) is 0 Å². The molecular formula is C28H19NS. The predicted molar refractivity (Wildman–Crippen MR) is 130 cm³/mol. The van der Waals surface area contributed by atoms with Gasteiger partial charge in [-0.3, -0.25) is 0 Å². The molecule has 0 amide bonds. The molecule has 0 fully saturated rings. The third-order valence-electron chi connectivity index (χ3n) is 5.72. The minimum Gasteiger partial charge on any atom is -0.309 e. The van der Waals surface area contributed by atoms with Crippen molar-refractivity contribution in [2.24, 2.45) is 0 Å². The number of aromatic nitrogens is 1. The molecule has 0 spiro atoms. The van der Waals surface area contributed by atoms with E-state index < -0.39 is 0 Å². The van der Waals surface area contributed by atoms with Gasteiger partial charge in [0.2, 0.25) is 0 Å². The van der Waals surface area contributed by atoms with E-state index >= 15 is 0 Å². The maximum absolute atomic E-state index is 2.42. The van der Waals surface area contributed by atoms with Gasteiger partial charge in [0.15, 0.2) is 0 Å². The first-order chi connectivity index (χ1) is 14.9. The number of hydrogen-bond acceptors (Lipinski definition) is 1. The number of hydrogen-bond donors (Lipinski definition) is 0. The van der Waals surface area contributed by atoms with Gasteiger partial charge in [0.05, 0.1) is 16.9 Å². The summed E-state index contributed by atoms with van der Waals surface area (Å²) in [5.41, 5.74) is 7.40. The highest BCUT2D eigenvalue weighted by Crippen LogP contribution is 2.37. The molecule has 2 heteroatoms. The van der Waals surface area contributed by atoms with Crippen LogP contribution in [0.4, 0.5) is 0 Å². The highest BCUT2D eigenvalue weighted by molar-refractivity contribution is 7.08. The molecule has 0 unspecified atom stereocenters. The van der Waals surface area contributed by atoms with Gasteiger partial charge in [-0.2, -0.15) is 11.3 Å². The van der Waals surface area contributed by atoms with E-state index in [2.05, 4.69) is 118 Å². The fourth-order valence-electron chi connectivity index (χ4n) is 4.31. The molecule has 0 aliphatic rings. The Bertz CT molecular complexity index is 1470. The molecule has 2 heterocycles. The minimum absolute atomic E-state index is 1.21. The number of rotatable bonds is 3. The van der Waals surface area contributed by atoms with Crippen LogP contribution < -0.4 is 0 Å². The summed E-state index contributed by atoms with van der Waals surface area (Å²) in [5, 5.41) is 8.13. The van der Waals surface area contributed by atoms with Gasteiger partial charge in [-0.05, 0) is 63.2 Å².